The molecule has 8 heteroatoms. The molecule has 0 unspecified atom stereocenters. The Morgan fingerprint density at radius 2 is 1.66 bits per heavy atom. The van der Waals surface area contributed by atoms with Crippen LogP contribution in [0.2, 0.25) is 18.1 Å². The summed E-state index contributed by atoms with van der Waals surface area (Å²) in [6, 6.07) is 0. The van der Waals surface area contributed by atoms with Crippen LogP contribution in [0.25, 0.3) is 0 Å². The van der Waals surface area contributed by atoms with Gasteiger partial charge in [-0.2, -0.15) is 0 Å². The standard InChI is InChI=1S/C24H48O7Si/c1-15(14-27-10)18-16(2)19(31-32(12,13)23(7,8)9)20(28-11)24(26,29-18)17(3)21(25)30-22(4,5)6/h15-20,26H,14H2,1-13H3/t15-,16+,17+,18-,19-,20+,24+/m0/s1. The molecule has 7 atom stereocenters. The fourth-order valence-electron chi connectivity index (χ4n) is 3.98. The molecule has 0 aliphatic carbocycles. The Kier molecular flexibility index (Phi) is 9.59. The van der Waals surface area contributed by atoms with Crippen LogP contribution in [0.3, 0.4) is 0 Å². The van der Waals surface area contributed by atoms with Gasteiger partial charge in [-0.25, -0.2) is 0 Å². The van der Waals surface area contributed by atoms with Crippen molar-refractivity contribution in [3.8, 4) is 0 Å². The zero-order valence-electron chi connectivity index (χ0n) is 22.6. The summed E-state index contributed by atoms with van der Waals surface area (Å²) >= 11 is 0. The first kappa shape index (κ1) is 29.5. The second-order valence-electron chi connectivity index (χ2n) is 11.9. The zero-order chi connectivity index (χ0) is 25.3. The third-order valence-corrected chi connectivity index (χ3v) is 11.4. The van der Waals surface area contributed by atoms with Crippen LogP contribution in [0.1, 0.15) is 62.3 Å². The fraction of sp³-hybridized carbons (Fsp3) is 0.958. The molecule has 1 rings (SSSR count). The molecule has 1 aliphatic heterocycles. The van der Waals surface area contributed by atoms with Gasteiger partial charge < -0.3 is 28.5 Å². The monoisotopic (exact) mass is 476 g/mol. The minimum atomic E-state index is -2.23. The SMILES string of the molecule is COC[C@H](C)[C@@H]1O[C@](O)([C@H](C)C(=O)OC(C)(C)C)[C@H](OC)[C@@H](O[Si](C)(C)C(C)(C)C)[C@@H]1C. The van der Waals surface area contributed by atoms with Gasteiger partial charge in [0.15, 0.2) is 8.32 Å². The summed E-state index contributed by atoms with van der Waals surface area (Å²) in [7, 11) is 0.930. The number of rotatable bonds is 8. The van der Waals surface area contributed by atoms with Gasteiger partial charge in [-0.3, -0.25) is 4.79 Å². The largest absolute Gasteiger partial charge is 0.460 e. The molecule has 1 fully saturated rings. The number of carbonyl (C=O) groups is 1. The van der Waals surface area contributed by atoms with Gasteiger partial charge in [0.2, 0.25) is 5.79 Å². The van der Waals surface area contributed by atoms with Crippen LogP contribution in [-0.2, 0) is 28.2 Å². The van der Waals surface area contributed by atoms with E-state index < -0.39 is 49.9 Å². The Balaban J connectivity index is 3.49. The van der Waals surface area contributed by atoms with E-state index in [2.05, 4.69) is 40.8 Å². The van der Waals surface area contributed by atoms with Gasteiger partial charge in [-0.15, -0.1) is 0 Å². The van der Waals surface area contributed by atoms with Gasteiger partial charge in [0.25, 0.3) is 0 Å². The maximum Gasteiger partial charge on any atom is 0.314 e. The van der Waals surface area contributed by atoms with Gasteiger partial charge in [0, 0.05) is 26.1 Å². The molecule has 1 saturated heterocycles. The van der Waals surface area contributed by atoms with Gasteiger partial charge in [0.1, 0.15) is 17.6 Å². The number of hydrogen-bond acceptors (Lipinski definition) is 7. The van der Waals surface area contributed by atoms with Crippen molar-refractivity contribution in [2.75, 3.05) is 20.8 Å². The second-order valence-corrected chi connectivity index (χ2v) is 16.6. The van der Waals surface area contributed by atoms with Crippen molar-refractivity contribution in [2.24, 2.45) is 17.8 Å². The highest BCUT2D eigenvalue weighted by Crippen LogP contribution is 2.46. The lowest BCUT2D eigenvalue weighted by molar-refractivity contribution is -0.361. The molecule has 7 nitrogen and oxygen atoms in total. The lowest BCUT2D eigenvalue weighted by Crippen LogP contribution is -2.69. The minimum absolute atomic E-state index is 0.0318. The Morgan fingerprint density at radius 3 is 2.06 bits per heavy atom. The molecule has 0 aromatic rings. The van der Waals surface area contributed by atoms with Crippen molar-refractivity contribution < 1.29 is 33.3 Å². The van der Waals surface area contributed by atoms with Gasteiger partial charge in [-0.1, -0.05) is 34.6 Å². The highest BCUT2D eigenvalue weighted by atomic mass is 28.4. The third-order valence-electron chi connectivity index (χ3n) is 6.93. The highest BCUT2D eigenvalue weighted by molar-refractivity contribution is 6.74. The van der Waals surface area contributed by atoms with E-state index in [0.717, 1.165) is 0 Å². The van der Waals surface area contributed by atoms with Gasteiger partial charge in [-0.05, 0) is 45.8 Å². The molecule has 0 bridgehead atoms. The summed E-state index contributed by atoms with van der Waals surface area (Å²) in [5.74, 6) is -3.56. The smallest absolute Gasteiger partial charge is 0.314 e. The number of esters is 1. The molecule has 1 aliphatic rings. The molecule has 190 valence electrons. The molecule has 0 aromatic heterocycles. The third kappa shape index (κ3) is 6.54. The van der Waals surface area contributed by atoms with Crippen molar-refractivity contribution in [3.63, 3.8) is 0 Å². The number of methoxy groups -OCH3 is 2. The lowest BCUT2D eigenvalue weighted by Gasteiger charge is -2.54. The molecule has 0 spiro atoms. The van der Waals surface area contributed by atoms with Crippen LogP contribution < -0.4 is 0 Å². The molecule has 0 aromatic carbocycles. The van der Waals surface area contributed by atoms with Crippen LogP contribution in [-0.4, -0.2) is 69.9 Å². The second kappa shape index (κ2) is 10.4. The highest BCUT2D eigenvalue weighted by Gasteiger charge is 2.60. The lowest BCUT2D eigenvalue weighted by atomic mass is 9.78. The van der Waals surface area contributed by atoms with E-state index in [1.165, 1.54) is 7.11 Å². The normalized spacial score (nSPS) is 31.8. The van der Waals surface area contributed by atoms with E-state index >= 15 is 0 Å². The average Bonchev–Trinajstić information content (AvgIpc) is 2.61. The van der Waals surface area contributed by atoms with E-state index in [0.29, 0.717) is 6.61 Å². The van der Waals surface area contributed by atoms with Crippen molar-refractivity contribution in [2.45, 2.75) is 110 Å². The van der Waals surface area contributed by atoms with Gasteiger partial charge in [0.05, 0.1) is 18.8 Å². The number of carbonyl (C=O) groups excluding carboxylic acids is 1. The van der Waals surface area contributed by atoms with Crippen LogP contribution >= 0.6 is 0 Å². The number of hydrogen-bond donors (Lipinski definition) is 1. The molecular weight excluding hydrogens is 428 g/mol. The first-order chi connectivity index (χ1) is 14.3. The maximum absolute atomic E-state index is 13.0. The Bertz CT molecular complexity index is 625. The van der Waals surface area contributed by atoms with Crippen molar-refractivity contribution in [1.29, 1.82) is 0 Å². The predicted molar refractivity (Wildman–Crippen MR) is 128 cm³/mol. The molecule has 0 saturated carbocycles. The van der Waals surface area contributed by atoms with E-state index in [4.69, 9.17) is 23.4 Å². The van der Waals surface area contributed by atoms with E-state index in [9.17, 15) is 9.90 Å². The van der Waals surface area contributed by atoms with Crippen molar-refractivity contribution in [1.82, 2.24) is 0 Å². The summed E-state index contributed by atoms with van der Waals surface area (Å²) in [5, 5.41) is 11.9. The summed E-state index contributed by atoms with van der Waals surface area (Å²) in [4.78, 5) is 13.0. The maximum atomic E-state index is 13.0. The predicted octanol–water partition coefficient (Wildman–Crippen LogP) is 4.38. The first-order valence-electron chi connectivity index (χ1n) is 11.6. The van der Waals surface area contributed by atoms with E-state index in [1.807, 2.05) is 6.92 Å². The van der Waals surface area contributed by atoms with Crippen LogP contribution in [0.4, 0.5) is 0 Å². The molecule has 0 amide bonds. The molecule has 0 radical (unpaired) electrons. The topological polar surface area (TPSA) is 83.5 Å². The Hall–Kier alpha value is -0.513. The summed E-state index contributed by atoms with van der Waals surface area (Å²) in [5.41, 5.74) is -0.688. The molecule has 1 heterocycles. The van der Waals surface area contributed by atoms with Crippen LogP contribution in [0.15, 0.2) is 0 Å². The van der Waals surface area contributed by atoms with E-state index in [1.54, 1.807) is 34.8 Å². The van der Waals surface area contributed by atoms with Gasteiger partial charge >= 0.3 is 5.97 Å². The first-order valence-corrected chi connectivity index (χ1v) is 14.6. The fourth-order valence-corrected chi connectivity index (χ4v) is 5.35. The summed E-state index contributed by atoms with van der Waals surface area (Å²) in [6.45, 7) is 22.4. The quantitative estimate of drug-likeness (QED) is 0.411. The Morgan fingerprint density at radius 1 is 1.12 bits per heavy atom. The van der Waals surface area contributed by atoms with Crippen molar-refractivity contribution in [3.05, 3.63) is 0 Å². The minimum Gasteiger partial charge on any atom is -0.460 e. The zero-order valence-corrected chi connectivity index (χ0v) is 23.6. The van der Waals surface area contributed by atoms with E-state index in [-0.39, 0.29) is 16.9 Å². The summed E-state index contributed by atoms with van der Waals surface area (Å²) < 4.78 is 29.9. The molecule has 1 N–H and O–H groups in total. The molecular formula is C24H48O7Si. The number of aliphatic hydroxyl groups is 1. The van der Waals surface area contributed by atoms with Crippen molar-refractivity contribution >= 4 is 14.3 Å². The molecule has 32 heavy (non-hydrogen) atoms. The van der Waals surface area contributed by atoms with Crippen LogP contribution in [0, 0.1) is 17.8 Å². The van der Waals surface area contributed by atoms with Crippen LogP contribution in [0.5, 0.6) is 0 Å². The average molecular weight is 477 g/mol. The number of ether oxygens (including phenoxy) is 4. The summed E-state index contributed by atoms with van der Waals surface area (Å²) in [6.07, 6.45) is -1.72. The Labute approximate surface area is 196 Å².